The van der Waals surface area contributed by atoms with Gasteiger partial charge >= 0.3 is 0 Å². The Hall–Kier alpha value is -2.71. The highest BCUT2D eigenvalue weighted by Gasteiger charge is 2.34. The van der Waals surface area contributed by atoms with E-state index in [9.17, 15) is 14.7 Å². The maximum Gasteiger partial charge on any atom is 0.270 e. The van der Waals surface area contributed by atoms with Crippen LogP contribution in [-0.4, -0.2) is 28.6 Å². The number of hydrogen-bond donors (Lipinski definition) is 2. The molecule has 0 atom stereocenters. The van der Waals surface area contributed by atoms with Crippen molar-refractivity contribution in [3.63, 3.8) is 0 Å². The number of halogens is 1. The Bertz CT molecular complexity index is 1050. The smallest absolute Gasteiger partial charge is 0.270 e. The standard InChI is InChI=1S/C22H21BrN2O4S/c1-4-29-19-10-14(17(23)11-18(19)26)9-16-20(27)24-22(30)25(21(16)28)15-7-5-13(6-8-15)12(2)3/h5-12,26H,4H2,1-3H3,(H,24,27,30)/b16-9+. The Morgan fingerprint density at radius 1 is 1.23 bits per heavy atom. The van der Waals surface area contributed by atoms with Gasteiger partial charge in [-0.2, -0.15) is 0 Å². The van der Waals surface area contributed by atoms with E-state index < -0.39 is 11.8 Å². The molecule has 1 aliphatic heterocycles. The van der Waals surface area contributed by atoms with Crippen molar-refractivity contribution in [2.75, 3.05) is 11.5 Å². The summed E-state index contributed by atoms with van der Waals surface area (Å²) in [6.45, 7) is 6.32. The van der Waals surface area contributed by atoms with Crippen LogP contribution in [0.4, 0.5) is 5.69 Å². The van der Waals surface area contributed by atoms with Crippen LogP contribution in [0, 0.1) is 0 Å². The number of ether oxygens (including phenoxy) is 1. The zero-order chi connectivity index (χ0) is 22.0. The zero-order valence-corrected chi connectivity index (χ0v) is 19.1. The van der Waals surface area contributed by atoms with Gasteiger partial charge in [0, 0.05) is 4.47 Å². The Morgan fingerprint density at radius 2 is 1.90 bits per heavy atom. The molecule has 0 unspecified atom stereocenters. The van der Waals surface area contributed by atoms with Crippen LogP contribution < -0.4 is 15.0 Å². The highest BCUT2D eigenvalue weighted by molar-refractivity contribution is 9.10. The molecule has 0 bridgehead atoms. The molecule has 1 heterocycles. The molecule has 0 saturated carbocycles. The van der Waals surface area contributed by atoms with Crippen LogP contribution >= 0.6 is 28.1 Å². The summed E-state index contributed by atoms with van der Waals surface area (Å²) in [5.41, 5.74) is 2.13. The van der Waals surface area contributed by atoms with E-state index in [0.717, 1.165) is 5.56 Å². The lowest BCUT2D eigenvalue weighted by Gasteiger charge is -2.29. The van der Waals surface area contributed by atoms with Gasteiger partial charge in [-0.3, -0.25) is 19.8 Å². The summed E-state index contributed by atoms with van der Waals surface area (Å²) in [7, 11) is 0. The summed E-state index contributed by atoms with van der Waals surface area (Å²) in [6, 6.07) is 10.5. The third-order valence-corrected chi connectivity index (χ3v) is 5.57. The molecule has 0 spiro atoms. The SMILES string of the molecule is CCOc1cc(/C=C2\C(=O)NC(=S)N(c3ccc(C(C)C)cc3)C2=O)c(Br)cc1O. The Morgan fingerprint density at radius 3 is 2.50 bits per heavy atom. The van der Waals surface area contributed by atoms with E-state index in [1.807, 2.05) is 12.1 Å². The van der Waals surface area contributed by atoms with E-state index in [1.165, 1.54) is 17.0 Å². The Kier molecular flexibility index (Phi) is 6.58. The number of aromatic hydroxyl groups is 1. The summed E-state index contributed by atoms with van der Waals surface area (Å²) in [5, 5.41) is 12.6. The van der Waals surface area contributed by atoms with Gasteiger partial charge in [0.1, 0.15) is 5.57 Å². The number of nitrogens with one attached hydrogen (secondary N) is 1. The first-order chi connectivity index (χ1) is 14.2. The van der Waals surface area contributed by atoms with Gasteiger partial charge in [0.15, 0.2) is 16.6 Å². The predicted octanol–water partition coefficient (Wildman–Crippen LogP) is 4.51. The van der Waals surface area contributed by atoms with Gasteiger partial charge < -0.3 is 9.84 Å². The molecular weight excluding hydrogens is 468 g/mol. The molecule has 0 aromatic heterocycles. The minimum Gasteiger partial charge on any atom is -0.504 e. The number of hydrogen-bond acceptors (Lipinski definition) is 5. The molecule has 6 nitrogen and oxygen atoms in total. The second-order valence-corrected chi connectivity index (χ2v) is 8.22. The highest BCUT2D eigenvalue weighted by Crippen LogP contribution is 2.34. The molecular formula is C22H21BrN2O4S. The van der Waals surface area contributed by atoms with Gasteiger partial charge in [0.05, 0.1) is 12.3 Å². The summed E-state index contributed by atoms with van der Waals surface area (Å²) >= 11 is 8.60. The summed E-state index contributed by atoms with van der Waals surface area (Å²) in [6.07, 6.45) is 1.45. The fourth-order valence-electron chi connectivity index (χ4n) is 3.00. The van der Waals surface area contributed by atoms with Crippen LogP contribution in [0.1, 0.15) is 37.8 Å². The van der Waals surface area contributed by atoms with Crippen molar-refractivity contribution in [2.24, 2.45) is 0 Å². The molecule has 1 fully saturated rings. The van der Waals surface area contributed by atoms with Crippen LogP contribution in [0.2, 0.25) is 0 Å². The fourth-order valence-corrected chi connectivity index (χ4v) is 3.72. The average Bonchev–Trinajstić information content (AvgIpc) is 2.68. The summed E-state index contributed by atoms with van der Waals surface area (Å²) in [5.74, 6) is -0.548. The first-order valence-corrected chi connectivity index (χ1v) is 10.6. The number of thiocarbonyl (C=S) groups is 1. The largest absolute Gasteiger partial charge is 0.504 e. The number of phenols is 1. The third-order valence-electron chi connectivity index (χ3n) is 4.60. The van der Waals surface area contributed by atoms with E-state index in [4.69, 9.17) is 17.0 Å². The number of rotatable bonds is 5. The first kappa shape index (κ1) is 22.0. The van der Waals surface area contributed by atoms with E-state index in [0.29, 0.717) is 28.2 Å². The van der Waals surface area contributed by atoms with Crippen LogP contribution in [0.5, 0.6) is 11.5 Å². The molecule has 2 amide bonds. The quantitative estimate of drug-likeness (QED) is 0.367. The van der Waals surface area contributed by atoms with E-state index in [2.05, 4.69) is 35.1 Å². The van der Waals surface area contributed by atoms with Crippen molar-refractivity contribution < 1.29 is 19.4 Å². The minimum absolute atomic E-state index is 0.0271. The van der Waals surface area contributed by atoms with Crippen molar-refractivity contribution in [2.45, 2.75) is 26.7 Å². The topological polar surface area (TPSA) is 78.9 Å². The molecule has 2 aromatic carbocycles. The molecule has 0 radical (unpaired) electrons. The van der Waals surface area contributed by atoms with E-state index >= 15 is 0 Å². The van der Waals surface area contributed by atoms with Crippen LogP contribution in [0.15, 0.2) is 46.4 Å². The van der Waals surface area contributed by atoms with Crippen molar-refractivity contribution in [3.8, 4) is 11.5 Å². The molecule has 8 heteroatoms. The number of amides is 2. The van der Waals surface area contributed by atoms with Crippen LogP contribution in [-0.2, 0) is 9.59 Å². The molecule has 1 aliphatic rings. The van der Waals surface area contributed by atoms with Crippen LogP contribution in [0.3, 0.4) is 0 Å². The second kappa shape index (κ2) is 8.97. The predicted molar refractivity (Wildman–Crippen MR) is 124 cm³/mol. The number of benzene rings is 2. The molecule has 3 rings (SSSR count). The minimum atomic E-state index is -0.585. The molecule has 0 aliphatic carbocycles. The number of carbonyl (C=O) groups excluding carboxylic acids is 2. The molecule has 1 saturated heterocycles. The maximum atomic E-state index is 13.2. The van der Waals surface area contributed by atoms with Crippen molar-refractivity contribution in [1.29, 1.82) is 0 Å². The molecule has 156 valence electrons. The van der Waals surface area contributed by atoms with Crippen LogP contribution in [0.25, 0.3) is 6.08 Å². The number of nitrogens with zero attached hydrogens (tertiary/aromatic N) is 1. The normalized spacial score (nSPS) is 15.7. The van der Waals surface area contributed by atoms with Gasteiger partial charge in [-0.15, -0.1) is 0 Å². The molecule has 2 N–H and O–H groups in total. The van der Waals surface area contributed by atoms with Crippen molar-refractivity contribution in [1.82, 2.24) is 5.32 Å². The van der Waals surface area contributed by atoms with Gasteiger partial charge in [-0.25, -0.2) is 0 Å². The fraction of sp³-hybridized carbons (Fsp3) is 0.227. The van der Waals surface area contributed by atoms with Gasteiger partial charge in [-0.05, 0) is 66.5 Å². The highest BCUT2D eigenvalue weighted by atomic mass is 79.9. The molecule has 30 heavy (non-hydrogen) atoms. The number of phenolic OH excluding ortho intramolecular Hbond substituents is 1. The van der Waals surface area contributed by atoms with Gasteiger partial charge in [0.2, 0.25) is 0 Å². The average molecular weight is 489 g/mol. The zero-order valence-electron chi connectivity index (χ0n) is 16.7. The second-order valence-electron chi connectivity index (χ2n) is 6.98. The summed E-state index contributed by atoms with van der Waals surface area (Å²) < 4.78 is 5.91. The monoisotopic (exact) mass is 488 g/mol. The molecule has 2 aromatic rings. The summed E-state index contributed by atoms with van der Waals surface area (Å²) in [4.78, 5) is 27.0. The lowest BCUT2D eigenvalue weighted by molar-refractivity contribution is -0.122. The van der Waals surface area contributed by atoms with Gasteiger partial charge in [0.25, 0.3) is 11.8 Å². The number of anilines is 1. The maximum absolute atomic E-state index is 13.2. The Labute approximate surface area is 188 Å². The lowest BCUT2D eigenvalue weighted by atomic mass is 10.0. The van der Waals surface area contributed by atoms with Crippen molar-refractivity contribution in [3.05, 3.63) is 57.6 Å². The van der Waals surface area contributed by atoms with Gasteiger partial charge in [-0.1, -0.05) is 41.9 Å². The lowest BCUT2D eigenvalue weighted by Crippen LogP contribution is -2.54. The van der Waals surface area contributed by atoms with E-state index in [-0.39, 0.29) is 22.2 Å². The first-order valence-electron chi connectivity index (χ1n) is 9.39. The van der Waals surface area contributed by atoms with Crippen molar-refractivity contribution >= 4 is 56.8 Å². The third kappa shape index (κ3) is 4.39. The van der Waals surface area contributed by atoms with E-state index in [1.54, 1.807) is 25.1 Å². The number of carbonyl (C=O) groups is 2. The Balaban J connectivity index is 2.01.